The molecule has 4 aliphatic rings. The van der Waals surface area contributed by atoms with Crippen LogP contribution in [0.1, 0.15) is 51.9 Å². The van der Waals surface area contributed by atoms with Crippen molar-refractivity contribution in [2.45, 2.75) is 63.0 Å². The molecule has 2 bridgehead atoms. The molecule has 4 saturated carbocycles. The van der Waals surface area contributed by atoms with E-state index in [0.29, 0.717) is 5.92 Å². The number of fused-ring (bicyclic) bond motifs is 3. The SMILES string of the molecule is C=C1C[C@]23C[C@H]1CC[C@H]2[C@]1(O)CCCC(C)(N)[C@H]1[C@@H]3C(=O)OC. The maximum absolute atomic E-state index is 12.8. The van der Waals surface area contributed by atoms with Crippen molar-refractivity contribution >= 4 is 5.97 Å². The zero-order chi connectivity index (χ0) is 16.6. The van der Waals surface area contributed by atoms with Crippen LogP contribution in [0.25, 0.3) is 0 Å². The van der Waals surface area contributed by atoms with Gasteiger partial charge in [-0.05, 0) is 69.1 Å². The smallest absolute Gasteiger partial charge is 0.309 e. The first-order valence-electron chi connectivity index (χ1n) is 9.03. The highest BCUT2D eigenvalue weighted by molar-refractivity contribution is 5.76. The van der Waals surface area contributed by atoms with Crippen molar-refractivity contribution in [1.82, 2.24) is 0 Å². The molecule has 4 rings (SSSR count). The summed E-state index contributed by atoms with van der Waals surface area (Å²) in [6.07, 6.45) is 6.48. The minimum absolute atomic E-state index is 0.155. The number of allylic oxidation sites excluding steroid dienone is 1. The topological polar surface area (TPSA) is 72.5 Å². The Labute approximate surface area is 138 Å². The Bertz CT molecular complexity index is 571. The molecule has 0 aromatic rings. The molecule has 0 aliphatic heterocycles. The third kappa shape index (κ3) is 1.77. The molecule has 0 heterocycles. The van der Waals surface area contributed by atoms with Crippen molar-refractivity contribution in [3.05, 3.63) is 12.2 Å². The first-order valence-corrected chi connectivity index (χ1v) is 9.03. The number of methoxy groups -OCH3 is 1. The molecule has 128 valence electrons. The van der Waals surface area contributed by atoms with E-state index < -0.39 is 11.1 Å². The van der Waals surface area contributed by atoms with Crippen molar-refractivity contribution in [2.75, 3.05) is 7.11 Å². The Kier molecular flexibility index (Phi) is 3.13. The van der Waals surface area contributed by atoms with Gasteiger partial charge in [-0.25, -0.2) is 0 Å². The molecule has 1 unspecified atom stereocenters. The van der Waals surface area contributed by atoms with Crippen LogP contribution in [0.2, 0.25) is 0 Å². The summed E-state index contributed by atoms with van der Waals surface area (Å²) in [4.78, 5) is 12.8. The van der Waals surface area contributed by atoms with Gasteiger partial charge in [0.1, 0.15) is 0 Å². The summed E-state index contributed by atoms with van der Waals surface area (Å²) < 4.78 is 5.22. The molecule has 4 fully saturated rings. The maximum atomic E-state index is 12.8. The van der Waals surface area contributed by atoms with E-state index in [0.717, 1.165) is 44.9 Å². The molecule has 0 radical (unpaired) electrons. The fourth-order valence-corrected chi connectivity index (χ4v) is 7.20. The molecule has 23 heavy (non-hydrogen) atoms. The maximum Gasteiger partial charge on any atom is 0.309 e. The molecule has 1 spiro atoms. The highest BCUT2D eigenvalue weighted by Crippen LogP contribution is 2.73. The van der Waals surface area contributed by atoms with Crippen LogP contribution >= 0.6 is 0 Å². The standard InChI is InChI=1S/C19H29NO3/c1-11-9-18-10-12(11)5-6-13(18)19(22)8-4-7-17(2,20)15(19)14(18)16(21)23-3/h12-15,22H,1,4-10,20H2,2-3H3/t12-,13-,14-,15-,17?,18+,19-/m1/s1. The van der Waals surface area contributed by atoms with Crippen molar-refractivity contribution in [3.8, 4) is 0 Å². The first kappa shape index (κ1) is 15.6. The molecule has 4 aliphatic carbocycles. The van der Waals surface area contributed by atoms with E-state index in [1.807, 2.05) is 6.92 Å². The van der Waals surface area contributed by atoms with Crippen LogP contribution in [0.4, 0.5) is 0 Å². The third-order valence-corrected chi connectivity index (χ3v) is 7.81. The average molecular weight is 319 g/mol. The lowest BCUT2D eigenvalue weighted by atomic mass is 9.62. The molecule has 4 heteroatoms. The second-order valence-electron chi connectivity index (χ2n) is 8.93. The highest BCUT2D eigenvalue weighted by Gasteiger charge is 2.75. The van der Waals surface area contributed by atoms with Crippen molar-refractivity contribution in [2.24, 2.45) is 34.8 Å². The van der Waals surface area contributed by atoms with Gasteiger partial charge in [0, 0.05) is 11.5 Å². The van der Waals surface area contributed by atoms with Gasteiger partial charge in [0.15, 0.2) is 0 Å². The van der Waals surface area contributed by atoms with Gasteiger partial charge in [-0.15, -0.1) is 0 Å². The zero-order valence-corrected chi connectivity index (χ0v) is 14.3. The minimum Gasteiger partial charge on any atom is -0.469 e. The number of ether oxygens (including phenoxy) is 1. The number of aliphatic hydroxyl groups is 1. The zero-order valence-electron chi connectivity index (χ0n) is 14.3. The van der Waals surface area contributed by atoms with E-state index >= 15 is 0 Å². The number of rotatable bonds is 1. The molecule has 7 atom stereocenters. The van der Waals surface area contributed by atoms with Crippen LogP contribution in [-0.2, 0) is 9.53 Å². The van der Waals surface area contributed by atoms with Crippen LogP contribution in [0.5, 0.6) is 0 Å². The molecular weight excluding hydrogens is 290 g/mol. The second-order valence-corrected chi connectivity index (χ2v) is 8.93. The predicted molar refractivity (Wildman–Crippen MR) is 87.4 cm³/mol. The van der Waals surface area contributed by atoms with E-state index in [9.17, 15) is 9.90 Å². The van der Waals surface area contributed by atoms with Crippen molar-refractivity contribution < 1.29 is 14.6 Å². The lowest BCUT2D eigenvalue weighted by Gasteiger charge is -2.49. The Morgan fingerprint density at radius 3 is 2.83 bits per heavy atom. The quantitative estimate of drug-likeness (QED) is 0.575. The summed E-state index contributed by atoms with van der Waals surface area (Å²) in [5.74, 6) is -0.00971. The Balaban J connectivity index is 1.90. The van der Waals surface area contributed by atoms with E-state index in [2.05, 4.69) is 6.58 Å². The first-order chi connectivity index (χ1) is 10.8. The normalized spacial score (nSPS) is 54.5. The summed E-state index contributed by atoms with van der Waals surface area (Å²) >= 11 is 0. The second kappa shape index (κ2) is 4.60. The van der Waals surface area contributed by atoms with E-state index in [1.54, 1.807) is 0 Å². The van der Waals surface area contributed by atoms with Crippen LogP contribution in [0.3, 0.4) is 0 Å². The lowest BCUT2D eigenvalue weighted by Crippen LogP contribution is -2.60. The van der Waals surface area contributed by atoms with E-state index in [1.165, 1.54) is 12.7 Å². The Morgan fingerprint density at radius 1 is 1.39 bits per heavy atom. The van der Waals surface area contributed by atoms with Crippen LogP contribution in [0.15, 0.2) is 12.2 Å². The molecule has 0 saturated heterocycles. The van der Waals surface area contributed by atoms with Gasteiger partial charge < -0.3 is 15.6 Å². The van der Waals surface area contributed by atoms with Gasteiger partial charge in [0.05, 0.1) is 18.6 Å². The van der Waals surface area contributed by atoms with Gasteiger partial charge >= 0.3 is 5.97 Å². The summed E-state index contributed by atoms with van der Waals surface area (Å²) in [6.45, 7) is 6.30. The average Bonchev–Trinajstić information content (AvgIpc) is 2.87. The Hall–Kier alpha value is -0.870. The molecule has 3 N–H and O–H groups in total. The molecule has 4 nitrogen and oxygen atoms in total. The summed E-state index contributed by atoms with van der Waals surface area (Å²) in [6, 6.07) is 0. The monoisotopic (exact) mass is 319 g/mol. The number of esters is 1. The minimum atomic E-state index is -0.823. The van der Waals surface area contributed by atoms with Gasteiger partial charge in [0.2, 0.25) is 0 Å². The van der Waals surface area contributed by atoms with Crippen molar-refractivity contribution in [1.29, 1.82) is 0 Å². The Morgan fingerprint density at radius 2 is 2.13 bits per heavy atom. The van der Waals surface area contributed by atoms with E-state index in [-0.39, 0.29) is 29.1 Å². The summed E-state index contributed by atoms with van der Waals surface area (Å²) in [5.41, 5.74) is 6.40. The molecule has 0 amide bonds. The van der Waals surface area contributed by atoms with Crippen LogP contribution in [-0.4, -0.2) is 29.3 Å². The predicted octanol–water partition coefficient (Wildman–Crippen LogP) is 2.40. The fraction of sp³-hybridized carbons (Fsp3) is 0.842. The molecular formula is C19H29NO3. The van der Waals surface area contributed by atoms with Crippen LogP contribution in [0, 0.1) is 29.1 Å². The van der Waals surface area contributed by atoms with Gasteiger partial charge in [-0.2, -0.15) is 0 Å². The third-order valence-electron chi connectivity index (χ3n) is 7.81. The fourth-order valence-electron chi connectivity index (χ4n) is 7.20. The summed E-state index contributed by atoms with van der Waals surface area (Å²) in [5, 5.41) is 11.7. The van der Waals surface area contributed by atoms with Crippen molar-refractivity contribution in [3.63, 3.8) is 0 Å². The number of hydrogen-bond donors (Lipinski definition) is 2. The molecule has 0 aromatic heterocycles. The van der Waals surface area contributed by atoms with Gasteiger partial charge in [0.25, 0.3) is 0 Å². The lowest BCUT2D eigenvalue weighted by molar-refractivity contribution is -0.156. The summed E-state index contributed by atoms with van der Waals surface area (Å²) in [7, 11) is 1.46. The number of hydrogen-bond acceptors (Lipinski definition) is 4. The number of carbonyl (C=O) groups excluding carboxylic acids is 1. The van der Waals surface area contributed by atoms with Crippen LogP contribution < -0.4 is 5.73 Å². The number of nitrogens with two attached hydrogens (primary N) is 1. The largest absolute Gasteiger partial charge is 0.469 e. The van der Waals surface area contributed by atoms with Gasteiger partial charge in [-0.1, -0.05) is 12.2 Å². The number of carbonyl (C=O) groups is 1. The van der Waals surface area contributed by atoms with E-state index in [4.69, 9.17) is 10.5 Å². The highest BCUT2D eigenvalue weighted by atomic mass is 16.5. The molecule has 0 aromatic carbocycles. The van der Waals surface area contributed by atoms with Gasteiger partial charge in [-0.3, -0.25) is 4.79 Å².